The molecule has 1 fully saturated rings. The molecule has 1 aromatic heterocycles. The Kier molecular flexibility index (Phi) is 7.09. The molecule has 5 nitrogen and oxygen atoms in total. The number of carbonyl (C=O) groups excluding carboxylic acids is 1. The van der Waals surface area contributed by atoms with E-state index in [0.29, 0.717) is 4.88 Å². The Morgan fingerprint density at radius 2 is 1.79 bits per heavy atom. The average Bonchev–Trinajstić information content (AvgIpc) is 3.24. The molecule has 2 heterocycles. The summed E-state index contributed by atoms with van der Waals surface area (Å²) in [5.41, 5.74) is 5.81. The fourth-order valence-corrected chi connectivity index (χ4v) is 6.73. The number of hydrogen-bond acceptors (Lipinski definition) is 5. The highest BCUT2D eigenvalue weighted by molar-refractivity contribution is 7.92. The van der Waals surface area contributed by atoms with E-state index >= 15 is 0 Å². The third kappa shape index (κ3) is 5.03. The Morgan fingerprint density at radius 3 is 2.50 bits per heavy atom. The van der Waals surface area contributed by atoms with Crippen molar-refractivity contribution >= 4 is 38.5 Å². The van der Waals surface area contributed by atoms with Gasteiger partial charge in [-0.1, -0.05) is 12.1 Å². The van der Waals surface area contributed by atoms with Gasteiger partial charge >= 0.3 is 0 Å². The van der Waals surface area contributed by atoms with Gasteiger partial charge < -0.3 is 4.90 Å². The largest absolute Gasteiger partial charge is 0.371 e. The maximum absolute atomic E-state index is 13.5. The minimum Gasteiger partial charge on any atom is -0.371 e. The van der Waals surface area contributed by atoms with Crippen molar-refractivity contribution in [1.29, 1.82) is 0 Å². The number of nitrogens with zero attached hydrogens (tertiary/aromatic N) is 1. The lowest BCUT2D eigenvalue weighted by Crippen LogP contribution is -2.31. The molecule has 1 N–H and O–H groups in total. The van der Waals surface area contributed by atoms with Crippen molar-refractivity contribution in [1.82, 2.24) is 0 Å². The molecule has 4 rings (SSSR count). The summed E-state index contributed by atoms with van der Waals surface area (Å²) in [7, 11) is -4.02. The van der Waals surface area contributed by atoms with Gasteiger partial charge in [-0.05, 0) is 91.9 Å². The topological polar surface area (TPSA) is 66.5 Å². The van der Waals surface area contributed by atoms with Crippen LogP contribution in [0.4, 0.5) is 15.8 Å². The lowest BCUT2D eigenvalue weighted by molar-refractivity contribution is 0.0997. The van der Waals surface area contributed by atoms with Crippen molar-refractivity contribution in [3.63, 3.8) is 0 Å². The molecule has 0 radical (unpaired) electrons. The summed E-state index contributed by atoms with van der Waals surface area (Å²) in [6, 6.07) is 8.51. The van der Waals surface area contributed by atoms with Gasteiger partial charge in [0.25, 0.3) is 10.0 Å². The first-order chi connectivity index (χ1) is 16.2. The number of halogens is 1. The highest BCUT2D eigenvalue weighted by atomic mass is 32.2. The highest BCUT2D eigenvalue weighted by Crippen LogP contribution is 2.34. The van der Waals surface area contributed by atoms with Crippen LogP contribution in [0.3, 0.4) is 0 Å². The number of rotatable bonds is 7. The van der Waals surface area contributed by atoms with E-state index in [0.717, 1.165) is 35.8 Å². The van der Waals surface area contributed by atoms with Crippen LogP contribution in [0.2, 0.25) is 0 Å². The SMILES string of the molecule is Cc1cc(C)c(N2CCCCC2)c(C)c1CC(=O)c1sccc1NS(=O)(=O)c1cccc(F)c1. The molecule has 1 saturated heterocycles. The van der Waals surface area contributed by atoms with Crippen LogP contribution in [0, 0.1) is 26.6 Å². The molecule has 0 amide bonds. The summed E-state index contributed by atoms with van der Waals surface area (Å²) in [6.07, 6.45) is 3.78. The van der Waals surface area contributed by atoms with Gasteiger partial charge in [-0.3, -0.25) is 9.52 Å². The predicted molar refractivity (Wildman–Crippen MR) is 136 cm³/mol. The quantitative estimate of drug-likeness (QED) is 0.402. The maximum Gasteiger partial charge on any atom is 0.262 e. The smallest absolute Gasteiger partial charge is 0.262 e. The predicted octanol–water partition coefficient (Wildman–Crippen LogP) is 6.03. The number of anilines is 2. The van der Waals surface area contributed by atoms with Crippen molar-refractivity contribution in [2.24, 2.45) is 0 Å². The molecule has 1 aliphatic rings. The third-order valence-corrected chi connectivity index (χ3v) is 8.69. The molecule has 8 heteroatoms. The fourth-order valence-electron chi connectivity index (χ4n) is 4.77. The van der Waals surface area contributed by atoms with E-state index in [1.54, 1.807) is 11.4 Å². The monoisotopic (exact) mass is 500 g/mol. The Bertz CT molecular complexity index is 1330. The van der Waals surface area contributed by atoms with Crippen molar-refractivity contribution in [3.05, 3.63) is 74.7 Å². The molecule has 180 valence electrons. The van der Waals surface area contributed by atoms with Crippen LogP contribution in [0.15, 0.2) is 46.7 Å². The van der Waals surface area contributed by atoms with Crippen molar-refractivity contribution in [3.8, 4) is 0 Å². The summed E-state index contributed by atoms with van der Waals surface area (Å²) in [6.45, 7) is 8.26. The van der Waals surface area contributed by atoms with Gasteiger partial charge in [0, 0.05) is 25.2 Å². The van der Waals surface area contributed by atoms with Gasteiger partial charge in [0.05, 0.1) is 15.5 Å². The molecular weight excluding hydrogens is 471 g/mol. The van der Waals surface area contributed by atoms with E-state index in [1.807, 2.05) is 6.92 Å². The molecule has 0 aliphatic carbocycles. The molecule has 2 aromatic carbocycles. The third-order valence-electron chi connectivity index (χ3n) is 6.37. The minimum atomic E-state index is -4.02. The molecule has 0 spiro atoms. The van der Waals surface area contributed by atoms with Gasteiger partial charge in [-0.25, -0.2) is 12.8 Å². The van der Waals surface area contributed by atoms with Crippen LogP contribution >= 0.6 is 11.3 Å². The van der Waals surface area contributed by atoms with Gasteiger partial charge in [0.2, 0.25) is 0 Å². The van der Waals surface area contributed by atoms with Crippen molar-refractivity contribution in [2.45, 2.75) is 51.3 Å². The number of nitrogens with one attached hydrogen (secondary N) is 1. The lowest BCUT2D eigenvalue weighted by atomic mass is 9.92. The zero-order valence-electron chi connectivity index (χ0n) is 19.7. The van der Waals surface area contributed by atoms with Crippen molar-refractivity contribution < 1.29 is 17.6 Å². The number of sulfonamides is 1. The molecule has 0 saturated carbocycles. The van der Waals surface area contributed by atoms with Gasteiger partial charge in [0.15, 0.2) is 5.78 Å². The van der Waals surface area contributed by atoms with E-state index in [1.165, 1.54) is 60.0 Å². The lowest BCUT2D eigenvalue weighted by Gasteiger charge is -2.33. The Labute approximate surface area is 204 Å². The number of Topliss-reactive ketones (excluding diaryl/α,β-unsaturated/α-hetero) is 1. The first-order valence-corrected chi connectivity index (χ1v) is 13.8. The standard InChI is InChI=1S/C26H29FN2O3S2/c1-17-14-18(2)25(29-11-5-4-6-12-29)19(3)22(17)16-24(30)26-23(10-13-33-26)28-34(31,32)21-9-7-8-20(27)15-21/h7-10,13-15,28H,4-6,11-12,16H2,1-3H3. The summed E-state index contributed by atoms with van der Waals surface area (Å²) < 4.78 is 41.5. The van der Waals surface area contributed by atoms with E-state index in [2.05, 4.69) is 29.5 Å². The molecule has 1 aliphatic heterocycles. The van der Waals surface area contributed by atoms with Gasteiger partial charge in [0.1, 0.15) is 5.82 Å². The Hall–Kier alpha value is -2.71. The van der Waals surface area contributed by atoms with Gasteiger partial charge in [-0.15, -0.1) is 11.3 Å². The highest BCUT2D eigenvalue weighted by Gasteiger charge is 2.24. The average molecular weight is 501 g/mol. The number of hydrogen-bond donors (Lipinski definition) is 1. The first-order valence-electron chi connectivity index (χ1n) is 11.4. The first kappa shape index (κ1) is 24.4. The Balaban J connectivity index is 1.61. The maximum atomic E-state index is 13.5. The zero-order valence-corrected chi connectivity index (χ0v) is 21.3. The van der Waals surface area contributed by atoms with E-state index in [9.17, 15) is 17.6 Å². The van der Waals surface area contributed by atoms with Crippen LogP contribution in [-0.4, -0.2) is 27.3 Å². The van der Waals surface area contributed by atoms with E-state index < -0.39 is 15.8 Å². The molecule has 0 atom stereocenters. The van der Waals surface area contributed by atoms with Crippen LogP contribution < -0.4 is 9.62 Å². The number of ketones is 1. The second-order valence-electron chi connectivity index (χ2n) is 8.84. The normalized spacial score (nSPS) is 14.3. The van der Waals surface area contributed by atoms with Crippen LogP contribution in [-0.2, 0) is 16.4 Å². The van der Waals surface area contributed by atoms with Crippen molar-refractivity contribution in [2.75, 3.05) is 22.7 Å². The number of aryl methyl sites for hydroxylation is 2. The van der Waals surface area contributed by atoms with E-state index in [4.69, 9.17) is 0 Å². The minimum absolute atomic E-state index is 0.147. The number of piperidine rings is 1. The molecule has 3 aromatic rings. The summed E-state index contributed by atoms with van der Waals surface area (Å²) in [4.78, 5) is 15.9. The molecule has 0 bridgehead atoms. The number of thiophene rings is 1. The van der Waals surface area contributed by atoms with Crippen LogP contribution in [0.25, 0.3) is 0 Å². The number of carbonyl (C=O) groups is 1. The van der Waals surface area contributed by atoms with Gasteiger partial charge in [-0.2, -0.15) is 0 Å². The summed E-state index contributed by atoms with van der Waals surface area (Å²) in [5, 5.41) is 1.69. The zero-order chi connectivity index (χ0) is 24.5. The molecular formula is C26H29FN2O3S2. The van der Waals surface area contributed by atoms with Crippen LogP contribution in [0.1, 0.15) is 51.2 Å². The van der Waals surface area contributed by atoms with E-state index in [-0.39, 0.29) is 22.8 Å². The summed E-state index contributed by atoms with van der Waals surface area (Å²) >= 11 is 1.20. The van der Waals surface area contributed by atoms with Crippen LogP contribution in [0.5, 0.6) is 0 Å². The second kappa shape index (κ2) is 9.88. The molecule has 34 heavy (non-hydrogen) atoms. The summed E-state index contributed by atoms with van der Waals surface area (Å²) in [5.74, 6) is -0.786. The fraction of sp³-hybridized carbons (Fsp3) is 0.346. The number of benzene rings is 2. The molecule has 0 unspecified atom stereocenters. The second-order valence-corrected chi connectivity index (χ2v) is 11.4. The Morgan fingerprint density at radius 1 is 1.06 bits per heavy atom.